The van der Waals surface area contributed by atoms with Gasteiger partial charge < -0.3 is 4.98 Å². The van der Waals surface area contributed by atoms with Crippen LogP contribution in [0.4, 0.5) is 0 Å². The Bertz CT molecular complexity index is 325. The molecule has 0 aromatic carbocycles. The molecule has 1 atom stereocenters. The summed E-state index contributed by atoms with van der Waals surface area (Å²) in [5, 5.41) is 0. The van der Waals surface area contributed by atoms with Gasteiger partial charge in [-0.1, -0.05) is 6.92 Å². The molecule has 2 nitrogen and oxygen atoms in total. The van der Waals surface area contributed by atoms with Gasteiger partial charge in [-0.15, -0.1) is 0 Å². The quantitative estimate of drug-likeness (QED) is 0.632. The zero-order chi connectivity index (χ0) is 8.72. The van der Waals surface area contributed by atoms with E-state index in [0.717, 1.165) is 24.0 Å². The molecule has 0 spiro atoms. The monoisotopic (exact) mass is 163 g/mol. The van der Waals surface area contributed by atoms with Gasteiger partial charge in [0.2, 0.25) is 0 Å². The van der Waals surface area contributed by atoms with Crippen molar-refractivity contribution >= 4 is 6.29 Å². The maximum Gasteiger partial charge on any atom is 0.166 e. The molecule has 0 saturated heterocycles. The van der Waals surface area contributed by atoms with Crippen molar-refractivity contribution in [2.24, 2.45) is 0 Å². The van der Waals surface area contributed by atoms with Crippen LogP contribution in [0.5, 0.6) is 0 Å². The highest BCUT2D eigenvalue weighted by Crippen LogP contribution is 2.34. The van der Waals surface area contributed by atoms with Gasteiger partial charge in [0, 0.05) is 5.69 Å². The molecule has 1 aliphatic rings. The Kier molecular flexibility index (Phi) is 1.56. The number of hydrogen-bond acceptors (Lipinski definition) is 1. The predicted octanol–water partition coefficient (Wildman–Crippen LogP) is 2.19. The molecule has 2 rings (SSSR count). The maximum absolute atomic E-state index is 10.6. The molecule has 0 radical (unpaired) electrons. The van der Waals surface area contributed by atoms with Gasteiger partial charge in [0.05, 0.1) is 5.69 Å². The second-order valence-electron chi connectivity index (χ2n) is 3.61. The van der Waals surface area contributed by atoms with Crippen molar-refractivity contribution in [3.8, 4) is 0 Å². The number of carbonyl (C=O) groups is 1. The molecule has 12 heavy (non-hydrogen) atoms. The Morgan fingerprint density at radius 1 is 1.58 bits per heavy atom. The number of fused-ring (bicyclic) bond motifs is 1. The van der Waals surface area contributed by atoms with Crippen LogP contribution in [0.1, 0.15) is 46.6 Å². The van der Waals surface area contributed by atoms with Gasteiger partial charge in [-0.25, -0.2) is 0 Å². The fraction of sp³-hybridized carbons (Fsp3) is 0.500. The Balaban J connectivity index is 2.56. The van der Waals surface area contributed by atoms with Crippen molar-refractivity contribution < 1.29 is 4.79 Å². The second-order valence-corrected chi connectivity index (χ2v) is 3.61. The molecule has 2 heteroatoms. The van der Waals surface area contributed by atoms with Gasteiger partial charge in [0.15, 0.2) is 6.29 Å². The first kappa shape index (κ1) is 7.59. The standard InChI is InChI=1S/C10H13NO/c1-6-3-4-8-7(2)9(5-12)11-10(6)8/h5-6,11H,3-4H2,1-2H3. The molecular weight excluding hydrogens is 150 g/mol. The molecule has 0 fully saturated rings. The molecule has 0 saturated carbocycles. The van der Waals surface area contributed by atoms with Crippen LogP contribution in [0.15, 0.2) is 0 Å². The average Bonchev–Trinajstić information content (AvgIpc) is 2.55. The Morgan fingerprint density at radius 3 is 2.92 bits per heavy atom. The SMILES string of the molecule is Cc1c(C=O)[nH]c2c1CCC2C. The first-order valence-corrected chi connectivity index (χ1v) is 4.40. The van der Waals surface area contributed by atoms with Gasteiger partial charge in [-0.05, 0) is 36.8 Å². The van der Waals surface area contributed by atoms with Crippen LogP contribution in [-0.2, 0) is 6.42 Å². The van der Waals surface area contributed by atoms with Crippen molar-refractivity contribution in [1.82, 2.24) is 4.98 Å². The summed E-state index contributed by atoms with van der Waals surface area (Å²) in [6, 6.07) is 0. The van der Waals surface area contributed by atoms with E-state index < -0.39 is 0 Å². The topological polar surface area (TPSA) is 32.9 Å². The highest BCUT2D eigenvalue weighted by molar-refractivity contribution is 5.76. The van der Waals surface area contributed by atoms with E-state index in [1.165, 1.54) is 17.7 Å². The third-order valence-corrected chi connectivity index (χ3v) is 2.89. The fourth-order valence-corrected chi connectivity index (χ4v) is 2.04. The third kappa shape index (κ3) is 0.840. The van der Waals surface area contributed by atoms with E-state index >= 15 is 0 Å². The van der Waals surface area contributed by atoms with Gasteiger partial charge >= 0.3 is 0 Å². The summed E-state index contributed by atoms with van der Waals surface area (Å²) in [5.41, 5.74) is 4.59. The van der Waals surface area contributed by atoms with Crippen molar-refractivity contribution in [2.75, 3.05) is 0 Å². The van der Waals surface area contributed by atoms with E-state index in [4.69, 9.17) is 0 Å². The number of nitrogens with one attached hydrogen (secondary N) is 1. The normalized spacial score (nSPS) is 21.0. The summed E-state index contributed by atoms with van der Waals surface area (Å²) in [5.74, 6) is 0.604. The molecule has 64 valence electrons. The van der Waals surface area contributed by atoms with Crippen molar-refractivity contribution in [1.29, 1.82) is 0 Å². The number of H-pyrrole nitrogens is 1. The highest BCUT2D eigenvalue weighted by Gasteiger charge is 2.23. The molecule has 1 aliphatic carbocycles. The van der Waals surface area contributed by atoms with Crippen LogP contribution in [0.2, 0.25) is 0 Å². The second kappa shape index (κ2) is 2.47. The number of aromatic amines is 1. The average molecular weight is 163 g/mol. The summed E-state index contributed by atoms with van der Waals surface area (Å²) in [6.07, 6.45) is 3.27. The molecule has 0 aliphatic heterocycles. The number of hydrogen-bond donors (Lipinski definition) is 1. The molecule has 0 amide bonds. The van der Waals surface area contributed by atoms with E-state index in [1.54, 1.807) is 0 Å². The third-order valence-electron chi connectivity index (χ3n) is 2.89. The van der Waals surface area contributed by atoms with Crippen LogP contribution in [0.25, 0.3) is 0 Å². The fourth-order valence-electron chi connectivity index (χ4n) is 2.04. The summed E-state index contributed by atoms with van der Waals surface area (Å²) in [7, 11) is 0. The Hall–Kier alpha value is -1.05. The van der Waals surface area contributed by atoms with Crippen molar-refractivity contribution in [3.63, 3.8) is 0 Å². The summed E-state index contributed by atoms with van der Waals surface area (Å²) in [4.78, 5) is 13.8. The van der Waals surface area contributed by atoms with Gasteiger partial charge in [-0.3, -0.25) is 4.79 Å². The minimum atomic E-state index is 0.604. The Morgan fingerprint density at radius 2 is 2.33 bits per heavy atom. The van der Waals surface area contributed by atoms with E-state index in [0.29, 0.717) is 5.92 Å². The molecule has 1 aromatic heterocycles. The summed E-state index contributed by atoms with van der Waals surface area (Å²) in [6.45, 7) is 4.23. The van der Waals surface area contributed by atoms with Gasteiger partial charge in [0.1, 0.15) is 0 Å². The molecule has 1 aromatic rings. The largest absolute Gasteiger partial charge is 0.356 e. The number of carbonyl (C=O) groups excluding carboxylic acids is 1. The Labute approximate surface area is 72.0 Å². The van der Waals surface area contributed by atoms with E-state index in [-0.39, 0.29) is 0 Å². The first-order chi connectivity index (χ1) is 5.74. The van der Waals surface area contributed by atoms with Crippen LogP contribution in [0, 0.1) is 6.92 Å². The maximum atomic E-state index is 10.6. The molecular formula is C10H13NO. The van der Waals surface area contributed by atoms with Crippen LogP contribution in [0.3, 0.4) is 0 Å². The van der Waals surface area contributed by atoms with E-state index in [9.17, 15) is 4.79 Å². The van der Waals surface area contributed by atoms with Crippen LogP contribution in [-0.4, -0.2) is 11.3 Å². The first-order valence-electron chi connectivity index (χ1n) is 4.40. The van der Waals surface area contributed by atoms with Gasteiger partial charge in [0.25, 0.3) is 0 Å². The van der Waals surface area contributed by atoms with Crippen molar-refractivity contribution in [3.05, 3.63) is 22.5 Å². The van der Waals surface area contributed by atoms with E-state index in [2.05, 4.69) is 11.9 Å². The molecule has 1 heterocycles. The van der Waals surface area contributed by atoms with E-state index in [1.807, 2.05) is 6.92 Å². The lowest BCUT2D eigenvalue weighted by Gasteiger charge is -1.98. The number of aldehydes is 1. The number of aromatic nitrogens is 1. The van der Waals surface area contributed by atoms with Gasteiger partial charge in [-0.2, -0.15) is 0 Å². The number of rotatable bonds is 1. The van der Waals surface area contributed by atoms with Crippen molar-refractivity contribution in [2.45, 2.75) is 32.6 Å². The predicted molar refractivity (Wildman–Crippen MR) is 47.7 cm³/mol. The zero-order valence-electron chi connectivity index (χ0n) is 7.48. The molecule has 1 unspecified atom stereocenters. The zero-order valence-corrected chi connectivity index (χ0v) is 7.48. The molecule has 0 bridgehead atoms. The highest BCUT2D eigenvalue weighted by atomic mass is 16.1. The minimum Gasteiger partial charge on any atom is -0.356 e. The summed E-state index contributed by atoms with van der Waals surface area (Å²) >= 11 is 0. The lowest BCUT2D eigenvalue weighted by atomic mass is 10.1. The smallest absolute Gasteiger partial charge is 0.166 e. The van der Waals surface area contributed by atoms with Crippen LogP contribution >= 0.6 is 0 Å². The minimum absolute atomic E-state index is 0.604. The lowest BCUT2D eigenvalue weighted by molar-refractivity contribution is 0.111. The lowest BCUT2D eigenvalue weighted by Crippen LogP contribution is -1.89. The molecule has 1 N–H and O–H groups in total. The summed E-state index contributed by atoms with van der Waals surface area (Å²) < 4.78 is 0. The van der Waals surface area contributed by atoms with Crippen LogP contribution < -0.4 is 0 Å².